The molecule has 1 unspecified atom stereocenters. The van der Waals surface area contributed by atoms with Crippen molar-refractivity contribution in [2.75, 3.05) is 26.2 Å². The second-order valence-corrected chi connectivity index (χ2v) is 5.41. The van der Waals surface area contributed by atoms with E-state index in [2.05, 4.69) is 10.2 Å². The van der Waals surface area contributed by atoms with Gasteiger partial charge in [-0.15, -0.1) is 0 Å². The van der Waals surface area contributed by atoms with Gasteiger partial charge in [-0.2, -0.15) is 0 Å². The van der Waals surface area contributed by atoms with E-state index < -0.39 is 17.5 Å². The highest BCUT2D eigenvalue weighted by Crippen LogP contribution is 2.33. The normalized spacial score (nSPS) is 19.9. The highest BCUT2D eigenvalue weighted by atomic mass is 19.2. The van der Waals surface area contributed by atoms with E-state index >= 15 is 0 Å². The molecule has 0 bridgehead atoms. The van der Waals surface area contributed by atoms with Crippen molar-refractivity contribution in [2.45, 2.75) is 26.3 Å². The van der Waals surface area contributed by atoms with Gasteiger partial charge < -0.3 is 5.32 Å². The lowest BCUT2D eigenvalue weighted by Crippen LogP contribution is -2.46. The van der Waals surface area contributed by atoms with Crippen LogP contribution in [0.3, 0.4) is 0 Å². The van der Waals surface area contributed by atoms with Gasteiger partial charge in [-0.25, -0.2) is 13.2 Å². The number of hydrogen-bond acceptors (Lipinski definition) is 2. The van der Waals surface area contributed by atoms with Crippen LogP contribution in [0.5, 0.6) is 0 Å². The molecule has 0 spiro atoms. The number of piperazine rings is 1. The molecule has 1 fully saturated rings. The SMILES string of the molecule is CCC(C)[C@@H](c1cc(F)cc(F)c1F)N1CCNCC1. The van der Waals surface area contributed by atoms with Crippen molar-refractivity contribution in [3.05, 3.63) is 35.1 Å². The molecule has 20 heavy (non-hydrogen) atoms. The van der Waals surface area contributed by atoms with E-state index in [4.69, 9.17) is 0 Å². The molecule has 112 valence electrons. The van der Waals surface area contributed by atoms with Crippen LogP contribution >= 0.6 is 0 Å². The van der Waals surface area contributed by atoms with Gasteiger partial charge in [-0.1, -0.05) is 20.3 Å². The van der Waals surface area contributed by atoms with Crippen LogP contribution in [0.4, 0.5) is 13.2 Å². The lowest BCUT2D eigenvalue weighted by Gasteiger charge is -2.38. The second kappa shape index (κ2) is 6.59. The van der Waals surface area contributed by atoms with Crippen molar-refractivity contribution >= 4 is 0 Å². The van der Waals surface area contributed by atoms with Crippen LogP contribution in [-0.4, -0.2) is 31.1 Å². The summed E-state index contributed by atoms with van der Waals surface area (Å²) in [5.74, 6) is -2.62. The van der Waals surface area contributed by atoms with E-state index in [1.165, 1.54) is 0 Å². The fourth-order valence-corrected chi connectivity index (χ4v) is 2.84. The molecule has 1 aromatic carbocycles. The van der Waals surface area contributed by atoms with Crippen LogP contribution in [0.25, 0.3) is 0 Å². The van der Waals surface area contributed by atoms with Crippen molar-refractivity contribution in [3.8, 4) is 0 Å². The Balaban J connectivity index is 2.40. The van der Waals surface area contributed by atoms with Crippen molar-refractivity contribution in [2.24, 2.45) is 5.92 Å². The zero-order chi connectivity index (χ0) is 14.7. The third kappa shape index (κ3) is 3.15. The molecule has 2 rings (SSSR count). The summed E-state index contributed by atoms with van der Waals surface area (Å²) < 4.78 is 41.1. The van der Waals surface area contributed by atoms with Gasteiger partial charge in [0.15, 0.2) is 11.6 Å². The van der Waals surface area contributed by atoms with Crippen LogP contribution in [0.1, 0.15) is 31.9 Å². The monoisotopic (exact) mass is 286 g/mol. The molecule has 0 saturated carbocycles. The second-order valence-electron chi connectivity index (χ2n) is 5.41. The molecule has 1 aromatic rings. The summed E-state index contributed by atoms with van der Waals surface area (Å²) in [6, 6.07) is 1.45. The summed E-state index contributed by atoms with van der Waals surface area (Å²) in [6.45, 7) is 7.14. The van der Waals surface area contributed by atoms with E-state index in [0.29, 0.717) is 6.07 Å². The average Bonchev–Trinajstić information content (AvgIpc) is 2.45. The lowest BCUT2D eigenvalue weighted by atomic mass is 9.90. The van der Waals surface area contributed by atoms with Gasteiger partial charge in [0, 0.05) is 43.9 Å². The minimum Gasteiger partial charge on any atom is -0.314 e. The van der Waals surface area contributed by atoms with E-state index in [1.807, 2.05) is 13.8 Å². The molecule has 1 N–H and O–H groups in total. The van der Waals surface area contributed by atoms with Gasteiger partial charge in [0.1, 0.15) is 5.82 Å². The maximum absolute atomic E-state index is 14.1. The summed E-state index contributed by atoms with van der Waals surface area (Å²) >= 11 is 0. The molecule has 5 heteroatoms. The molecular weight excluding hydrogens is 265 g/mol. The first-order chi connectivity index (χ1) is 9.54. The van der Waals surface area contributed by atoms with Crippen LogP contribution in [0, 0.1) is 23.4 Å². The summed E-state index contributed by atoms with van der Waals surface area (Å²) in [4.78, 5) is 2.11. The first-order valence-corrected chi connectivity index (χ1v) is 7.13. The summed E-state index contributed by atoms with van der Waals surface area (Å²) in [5, 5.41) is 3.23. The molecule has 1 aliphatic heterocycles. The molecule has 0 amide bonds. The number of rotatable bonds is 4. The quantitative estimate of drug-likeness (QED) is 0.856. The van der Waals surface area contributed by atoms with Crippen LogP contribution < -0.4 is 5.32 Å². The van der Waals surface area contributed by atoms with Crippen LogP contribution in [0.2, 0.25) is 0 Å². The van der Waals surface area contributed by atoms with Gasteiger partial charge in [0.25, 0.3) is 0 Å². The molecule has 1 saturated heterocycles. The van der Waals surface area contributed by atoms with E-state index in [1.54, 1.807) is 0 Å². The molecule has 0 aliphatic carbocycles. The highest BCUT2D eigenvalue weighted by molar-refractivity contribution is 5.24. The Morgan fingerprint density at radius 3 is 2.45 bits per heavy atom. The fraction of sp³-hybridized carbons (Fsp3) is 0.600. The Morgan fingerprint density at radius 2 is 1.85 bits per heavy atom. The number of hydrogen-bond donors (Lipinski definition) is 1. The predicted molar refractivity (Wildman–Crippen MR) is 73.0 cm³/mol. The van der Waals surface area contributed by atoms with E-state index in [9.17, 15) is 13.2 Å². The minimum absolute atomic E-state index is 0.129. The van der Waals surface area contributed by atoms with Gasteiger partial charge in [0.05, 0.1) is 0 Å². The maximum atomic E-state index is 14.1. The molecule has 1 heterocycles. The number of halogens is 3. The highest BCUT2D eigenvalue weighted by Gasteiger charge is 2.30. The van der Waals surface area contributed by atoms with E-state index in [0.717, 1.165) is 38.7 Å². The first-order valence-electron chi connectivity index (χ1n) is 7.13. The standard InChI is InChI=1S/C15H21F3N2/c1-3-10(2)15(20-6-4-19-5-7-20)12-8-11(16)9-13(17)14(12)18/h8-10,15,19H,3-7H2,1-2H3/t10?,15-/m0/s1. The van der Waals surface area contributed by atoms with Crippen LogP contribution in [0.15, 0.2) is 12.1 Å². The molecule has 0 aromatic heterocycles. The van der Waals surface area contributed by atoms with Gasteiger partial charge in [-0.05, 0) is 12.0 Å². The average molecular weight is 286 g/mol. The number of benzene rings is 1. The predicted octanol–water partition coefficient (Wildman–Crippen LogP) is 3.10. The fourth-order valence-electron chi connectivity index (χ4n) is 2.84. The molecule has 0 radical (unpaired) electrons. The minimum atomic E-state index is -1.11. The molecule has 2 nitrogen and oxygen atoms in total. The Bertz CT molecular complexity index is 459. The smallest absolute Gasteiger partial charge is 0.163 e. The summed E-state index contributed by atoms with van der Waals surface area (Å²) in [7, 11) is 0. The van der Waals surface area contributed by atoms with E-state index in [-0.39, 0.29) is 17.5 Å². The number of nitrogens with one attached hydrogen (secondary N) is 1. The van der Waals surface area contributed by atoms with Crippen LogP contribution in [-0.2, 0) is 0 Å². The zero-order valence-electron chi connectivity index (χ0n) is 11.9. The molecule has 1 aliphatic rings. The Kier molecular flexibility index (Phi) is 5.05. The Labute approximate surface area is 118 Å². The van der Waals surface area contributed by atoms with Gasteiger partial charge in [-0.3, -0.25) is 4.90 Å². The largest absolute Gasteiger partial charge is 0.314 e. The topological polar surface area (TPSA) is 15.3 Å². The third-order valence-electron chi connectivity index (χ3n) is 4.07. The van der Waals surface area contributed by atoms with Crippen molar-refractivity contribution in [1.29, 1.82) is 0 Å². The van der Waals surface area contributed by atoms with Crippen molar-refractivity contribution < 1.29 is 13.2 Å². The lowest BCUT2D eigenvalue weighted by molar-refractivity contribution is 0.124. The summed E-state index contributed by atoms with van der Waals surface area (Å²) in [5.41, 5.74) is 0.138. The Hall–Kier alpha value is -1.07. The van der Waals surface area contributed by atoms with Gasteiger partial charge in [0.2, 0.25) is 0 Å². The zero-order valence-corrected chi connectivity index (χ0v) is 11.9. The third-order valence-corrected chi connectivity index (χ3v) is 4.07. The first kappa shape index (κ1) is 15.3. The van der Waals surface area contributed by atoms with Gasteiger partial charge >= 0.3 is 0 Å². The molecule has 2 atom stereocenters. The Morgan fingerprint density at radius 1 is 1.20 bits per heavy atom. The molecular formula is C15H21F3N2. The van der Waals surface area contributed by atoms with Crippen molar-refractivity contribution in [1.82, 2.24) is 10.2 Å². The summed E-state index contributed by atoms with van der Waals surface area (Å²) in [6.07, 6.45) is 0.826. The number of nitrogens with zero attached hydrogens (tertiary/aromatic N) is 1. The maximum Gasteiger partial charge on any atom is 0.163 e. The van der Waals surface area contributed by atoms with Crippen molar-refractivity contribution in [3.63, 3.8) is 0 Å².